The van der Waals surface area contributed by atoms with E-state index >= 15 is 0 Å². The molecule has 3 amide bonds. The van der Waals surface area contributed by atoms with Gasteiger partial charge >= 0.3 is 0 Å². The lowest BCUT2D eigenvalue weighted by atomic mass is 10.1. The van der Waals surface area contributed by atoms with Gasteiger partial charge in [0.05, 0.1) is 24.2 Å². The number of amides is 3. The number of fused-ring (bicyclic) bond motifs is 1. The van der Waals surface area contributed by atoms with Crippen LogP contribution in [0.4, 0.5) is 5.82 Å². The summed E-state index contributed by atoms with van der Waals surface area (Å²) in [6.45, 7) is 3.57. The Morgan fingerprint density at radius 1 is 1.11 bits per heavy atom. The van der Waals surface area contributed by atoms with Crippen molar-refractivity contribution in [3.05, 3.63) is 59.9 Å². The first-order valence-corrected chi connectivity index (χ1v) is 14.9. The third-order valence-corrected chi connectivity index (χ3v) is 8.64. The number of aromatic nitrogens is 4. The lowest BCUT2D eigenvalue weighted by Gasteiger charge is -2.19. The molecule has 3 aromatic heterocycles. The zero-order valence-electron chi connectivity index (χ0n) is 24.5. The maximum absolute atomic E-state index is 13.7. The zero-order chi connectivity index (χ0) is 30.6. The summed E-state index contributed by atoms with van der Waals surface area (Å²) >= 11 is 0. The second-order valence-corrected chi connectivity index (χ2v) is 12.5. The first-order valence-electron chi connectivity index (χ1n) is 14.9. The number of nitrogens with zero attached hydrogens (tertiary/aromatic N) is 5. The highest BCUT2D eigenvalue weighted by Crippen LogP contribution is 2.48. The maximum atomic E-state index is 13.7. The smallest absolute Gasteiger partial charge is 0.270 e. The number of pyridine rings is 1. The Morgan fingerprint density at radius 3 is 2.52 bits per heavy atom. The molecule has 3 aliphatic carbocycles. The van der Waals surface area contributed by atoms with Crippen LogP contribution in [-0.4, -0.2) is 49.1 Å². The molecule has 0 saturated heterocycles. The molecule has 224 valence electrons. The Labute approximate surface area is 253 Å². The van der Waals surface area contributed by atoms with Gasteiger partial charge in [-0.15, -0.1) is 0 Å². The van der Waals surface area contributed by atoms with Crippen molar-refractivity contribution in [2.45, 2.75) is 81.8 Å². The molecule has 0 spiro atoms. The van der Waals surface area contributed by atoms with E-state index in [1.165, 1.54) is 6.92 Å². The molecule has 7 rings (SSSR count). The average Bonchev–Trinajstić information content (AvgIpc) is 3.97. The molecule has 0 aliphatic heterocycles. The highest BCUT2D eigenvalue weighted by Gasteiger charge is 2.46. The van der Waals surface area contributed by atoms with Crippen LogP contribution in [-0.2, 0) is 21.4 Å². The quantitative estimate of drug-likeness (QED) is 0.249. The summed E-state index contributed by atoms with van der Waals surface area (Å²) in [7, 11) is 0. The molecule has 44 heavy (non-hydrogen) atoms. The van der Waals surface area contributed by atoms with Crippen LogP contribution < -0.4 is 16.0 Å². The second kappa shape index (κ2) is 10.3. The van der Waals surface area contributed by atoms with Crippen molar-refractivity contribution in [2.24, 2.45) is 0 Å². The van der Waals surface area contributed by atoms with E-state index in [1.807, 2.05) is 30.3 Å². The summed E-state index contributed by atoms with van der Waals surface area (Å²) in [5.74, 6) is -0.318. The van der Waals surface area contributed by atoms with Gasteiger partial charge in [0, 0.05) is 24.1 Å². The molecular formula is C32H32N8O4. The number of oxazole rings is 1. The molecule has 3 aliphatic rings. The SMILES string of the molecule is CC(=O)Nc1ccc(-c2ccc3nc(C[C@H](NC(=O)c4cc(C5(C)CC5)nn4C4CC4)C(=O)NC4(C#N)CC4)oc3c2)cn1. The highest BCUT2D eigenvalue weighted by molar-refractivity contribution is 5.97. The fourth-order valence-electron chi connectivity index (χ4n) is 5.29. The Balaban J connectivity index is 1.14. The molecule has 3 fully saturated rings. The Hall–Kier alpha value is -5.05. The van der Waals surface area contributed by atoms with Crippen molar-refractivity contribution in [1.29, 1.82) is 5.26 Å². The average molecular weight is 593 g/mol. The van der Waals surface area contributed by atoms with Crippen molar-refractivity contribution in [2.75, 3.05) is 5.32 Å². The lowest BCUT2D eigenvalue weighted by Crippen LogP contribution is -2.51. The molecule has 12 heteroatoms. The van der Waals surface area contributed by atoms with E-state index in [-0.39, 0.29) is 29.7 Å². The van der Waals surface area contributed by atoms with Crippen LogP contribution in [0.3, 0.4) is 0 Å². The van der Waals surface area contributed by atoms with Crippen LogP contribution in [0.2, 0.25) is 0 Å². The third-order valence-electron chi connectivity index (χ3n) is 8.64. The van der Waals surface area contributed by atoms with Gasteiger partial charge in [0.15, 0.2) is 11.5 Å². The summed E-state index contributed by atoms with van der Waals surface area (Å²) in [4.78, 5) is 47.3. The van der Waals surface area contributed by atoms with Crippen molar-refractivity contribution in [3.8, 4) is 17.2 Å². The lowest BCUT2D eigenvalue weighted by molar-refractivity contribution is -0.123. The zero-order valence-corrected chi connectivity index (χ0v) is 24.5. The number of hydrogen-bond donors (Lipinski definition) is 3. The van der Waals surface area contributed by atoms with Crippen molar-refractivity contribution < 1.29 is 18.8 Å². The highest BCUT2D eigenvalue weighted by atomic mass is 16.3. The van der Waals surface area contributed by atoms with Gasteiger partial charge in [0.2, 0.25) is 11.8 Å². The van der Waals surface area contributed by atoms with E-state index in [2.05, 4.69) is 38.9 Å². The van der Waals surface area contributed by atoms with Crippen LogP contribution >= 0.6 is 0 Å². The van der Waals surface area contributed by atoms with Crippen LogP contribution in [0, 0.1) is 11.3 Å². The van der Waals surface area contributed by atoms with Crippen LogP contribution in [0.1, 0.15) is 80.5 Å². The molecule has 1 atom stereocenters. The molecule has 0 bridgehead atoms. The molecule has 1 aromatic carbocycles. The molecule has 0 unspecified atom stereocenters. The number of rotatable bonds is 10. The van der Waals surface area contributed by atoms with Crippen LogP contribution in [0.25, 0.3) is 22.2 Å². The predicted molar refractivity (Wildman–Crippen MR) is 159 cm³/mol. The summed E-state index contributed by atoms with van der Waals surface area (Å²) in [6, 6.07) is 12.3. The number of carbonyl (C=O) groups is 3. The van der Waals surface area contributed by atoms with E-state index in [0.29, 0.717) is 35.5 Å². The minimum absolute atomic E-state index is 0.00178. The maximum Gasteiger partial charge on any atom is 0.270 e. The van der Waals surface area contributed by atoms with Crippen molar-refractivity contribution in [1.82, 2.24) is 30.4 Å². The first-order chi connectivity index (χ1) is 21.1. The van der Waals surface area contributed by atoms with Gasteiger partial charge in [-0.25, -0.2) is 9.97 Å². The van der Waals surface area contributed by atoms with Gasteiger partial charge in [-0.2, -0.15) is 10.4 Å². The van der Waals surface area contributed by atoms with Crippen LogP contribution in [0.5, 0.6) is 0 Å². The Kier molecular flexibility index (Phi) is 6.49. The summed E-state index contributed by atoms with van der Waals surface area (Å²) in [6.07, 6.45) is 6.80. The number of anilines is 1. The normalized spacial score (nSPS) is 18.2. The molecular weight excluding hydrogens is 560 g/mol. The largest absolute Gasteiger partial charge is 0.441 e. The monoisotopic (exact) mass is 592 g/mol. The first kappa shape index (κ1) is 27.8. The van der Waals surface area contributed by atoms with Gasteiger partial charge in [0.25, 0.3) is 5.91 Å². The van der Waals surface area contributed by atoms with Crippen LogP contribution in [0.15, 0.2) is 47.0 Å². The number of nitriles is 1. The number of benzene rings is 1. The predicted octanol–water partition coefficient (Wildman–Crippen LogP) is 3.94. The van der Waals surface area contributed by atoms with Gasteiger partial charge in [-0.1, -0.05) is 13.0 Å². The van der Waals surface area contributed by atoms with E-state index < -0.39 is 23.4 Å². The minimum atomic E-state index is -1.02. The Bertz CT molecular complexity index is 1840. The van der Waals surface area contributed by atoms with E-state index in [9.17, 15) is 19.6 Å². The molecule has 3 N–H and O–H groups in total. The van der Waals surface area contributed by atoms with Gasteiger partial charge in [0.1, 0.15) is 28.6 Å². The van der Waals surface area contributed by atoms with Crippen molar-refractivity contribution >= 4 is 34.6 Å². The third kappa shape index (κ3) is 5.53. The molecule has 0 radical (unpaired) electrons. The number of carbonyl (C=O) groups excluding carboxylic acids is 3. The summed E-state index contributed by atoms with van der Waals surface area (Å²) < 4.78 is 7.88. The molecule has 12 nitrogen and oxygen atoms in total. The van der Waals surface area contributed by atoms with E-state index in [1.54, 1.807) is 16.9 Å². The van der Waals surface area contributed by atoms with E-state index in [0.717, 1.165) is 42.5 Å². The molecule has 4 aromatic rings. The standard InChI is InChI=1S/C32H32N8O4/c1-18(41)35-27-8-4-20(16-34-27)19-3-7-22-25(13-19)44-28(36-22)14-23(29(42)38-32(17-33)11-12-32)37-30(43)24-15-26(31(2)9-10-31)39-40(24)21-5-6-21/h3-4,7-8,13,15-16,21,23H,5-6,9-12,14H2,1-2H3,(H,37,43)(H,38,42)(H,34,35,41)/t23-/m0/s1. The number of nitrogens with one attached hydrogen (secondary N) is 3. The fourth-order valence-corrected chi connectivity index (χ4v) is 5.29. The second-order valence-electron chi connectivity index (χ2n) is 12.5. The topological polar surface area (TPSA) is 168 Å². The van der Waals surface area contributed by atoms with Gasteiger partial charge in [-0.3, -0.25) is 19.1 Å². The fraction of sp³-hybridized carbons (Fsp3) is 0.406. The van der Waals surface area contributed by atoms with Crippen molar-refractivity contribution in [3.63, 3.8) is 0 Å². The van der Waals surface area contributed by atoms with Gasteiger partial charge in [-0.05, 0) is 74.4 Å². The Morgan fingerprint density at radius 2 is 1.89 bits per heavy atom. The molecule has 3 saturated carbocycles. The number of hydrogen-bond acceptors (Lipinski definition) is 8. The summed E-state index contributed by atoms with van der Waals surface area (Å²) in [5, 5.41) is 22.7. The van der Waals surface area contributed by atoms with E-state index in [4.69, 9.17) is 9.52 Å². The molecule has 3 heterocycles. The minimum Gasteiger partial charge on any atom is -0.441 e. The van der Waals surface area contributed by atoms with Gasteiger partial charge < -0.3 is 20.4 Å². The summed E-state index contributed by atoms with van der Waals surface area (Å²) in [5.41, 5.74) is 3.22.